The number of nitrogens with one attached hydrogen (secondary N) is 2. The Morgan fingerprint density at radius 1 is 1.48 bits per heavy atom. The average Bonchev–Trinajstić information content (AvgIpc) is 2.53. The van der Waals surface area contributed by atoms with Gasteiger partial charge in [0.25, 0.3) is 0 Å². The summed E-state index contributed by atoms with van der Waals surface area (Å²) < 4.78 is 5.57. The number of pyridine rings is 1. The first-order chi connectivity index (χ1) is 10.2. The number of rotatable bonds is 3. The van der Waals surface area contributed by atoms with Crippen LogP contribution in [0.2, 0.25) is 5.02 Å². The lowest BCUT2D eigenvalue weighted by atomic mass is 10.0. The highest BCUT2D eigenvalue weighted by Crippen LogP contribution is 2.33. The van der Waals surface area contributed by atoms with E-state index in [0.29, 0.717) is 29.5 Å². The van der Waals surface area contributed by atoms with Crippen LogP contribution in [-0.2, 0) is 0 Å². The fourth-order valence-electron chi connectivity index (χ4n) is 2.18. The van der Waals surface area contributed by atoms with Gasteiger partial charge in [-0.1, -0.05) is 17.7 Å². The molecule has 0 spiro atoms. The van der Waals surface area contributed by atoms with Gasteiger partial charge in [-0.25, -0.2) is 4.98 Å². The summed E-state index contributed by atoms with van der Waals surface area (Å²) in [6.45, 7) is 1.17. The van der Waals surface area contributed by atoms with Crippen LogP contribution in [0.3, 0.4) is 0 Å². The molecular formula is C14H12ClN3O3. The zero-order valence-corrected chi connectivity index (χ0v) is 11.6. The van der Waals surface area contributed by atoms with Crippen LogP contribution < -0.4 is 15.5 Å². The van der Waals surface area contributed by atoms with Crippen molar-refractivity contribution in [3.05, 3.63) is 46.7 Å². The molecule has 0 fully saturated rings. The molecule has 3 N–H and O–H groups in total. The van der Waals surface area contributed by atoms with Crippen molar-refractivity contribution >= 4 is 28.8 Å². The molecule has 0 amide bonds. The Kier molecular flexibility index (Phi) is 3.64. The molecule has 1 aliphatic heterocycles. The summed E-state index contributed by atoms with van der Waals surface area (Å²) in [5.74, 6) is 0.137. The molecule has 1 aromatic carbocycles. The van der Waals surface area contributed by atoms with Gasteiger partial charge in [-0.15, -0.1) is 0 Å². The number of fused-ring (bicyclic) bond motifs is 1. The lowest BCUT2D eigenvalue weighted by Gasteiger charge is -2.21. The summed E-state index contributed by atoms with van der Waals surface area (Å²) in [7, 11) is 0. The zero-order valence-electron chi connectivity index (χ0n) is 10.9. The number of carbonyl (C=O) groups excluding carboxylic acids is 1. The summed E-state index contributed by atoms with van der Waals surface area (Å²) in [6.07, 6.45) is 1.35. The van der Waals surface area contributed by atoms with Crippen molar-refractivity contribution in [1.29, 1.82) is 0 Å². The largest absolute Gasteiger partial charge is 0.489 e. The molecule has 0 aliphatic carbocycles. The minimum Gasteiger partial charge on any atom is -0.489 e. The van der Waals surface area contributed by atoms with E-state index in [1.165, 1.54) is 12.3 Å². The van der Waals surface area contributed by atoms with Gasteiger partial charge in [-0.2, -0.15) is 0 Å². The molecule has 108 valence electrons. The number of hydrogen-bond acceptors (Lipinski definition) is 6. The molecule has 0 radical (unpaired) electrons. The SMILES string of the molecule is O=C(c1cccc2c1OCCN2)c1ncc(Cl)cc1NO. The number of ether oxygens (including phenoxy) is 1. The minimum absolute atomic E-state index is 0.0736. The summed E-state index contributed by atoms with van der Waals surface area (Å²) in [4.78, 5) is 16.6. The van der Waals surface area contributed by atoms with Crippen molar-refractivity contribution in [2.75, 3.05) is 23.9 Å². The smallest absolute Gasteiger partial charge is 0.217 e. The van der Waals surface area contributed by atoms with E-state index < -0.39 is 0 Å². The van der Waals surface area contributed by atoms with Gasteiger partial charge in [0.15, 0.2) is 5.75 Å². The first-order valence-corrected chi connectivity index (χ1v) is 6.68. The summed E-state index contributed by atoms with van der Waals surface area (Å²) >= 11 is 5.80. The molecule has 7 heteroatoms. The van der Waals surface area contributed by atoms with Crippen LogP contribution in [0.25, 0.3) is 0 Å². The van der Waals surface area contributed by atoms with Crippen LogP contribution in [0.15, 0.2) is 30.5 Å². The van der Waals surface area contributed by atoms with Crippen molar-refractivity contribution in [2.45, 2.75) is 0 Å². The second-order valence-corrected chi connectivity index (χ2v) is 4.88. The number of carbonyl (C=O) groups is 1. The number of benzene rings is 1. The van der Waals surface area contributed by atoms with Crippen LogP contribution in [0.4, 0.5) is 11.4 Å². The van der Waals surface area contributed by atoms with Gasteiger partial charge in [0.2, 0.25) is 5.78 Å². The first-order valence-electron chi connectivity index (χ1n) is 6.30. The number of nitrogens with zero attached hydrogens (tertiary/aromatic N) is 1. The van der Waals surface area contributed by atoms with Crippen molar-refractivity contribution in [3.63, 3.8) is 0 Å². The molecule has 1 aliphatic rings. The van der Waals surface area contributed by atoms with E-state index in [4.69, 9.17) is 21.5 Å². The van der Waals surface area contributed by atoms with E-state index in [9.17, 15) is 4.79 Å². The van der Waals surface area contributed by atoms with Gasteiger partial charge in [0, 0.05) is 12.7 Å². The van der Waals surface area contributed by atoms with Crippen molar-refractivity contribution < 1.29 is 14.7 Å². The third-order valence-corrected chi connectivity index (χ3v) is 3.32. The topological polar surface area (TPSA) is 83.5 Å². The molecule has 6 nitrogen and oxygen atoms in total. The van der Waals surface area contributed by atoms with Gasteiger partial charge >= 0.3 is 0 Å². The van der Waals surface area contributed by atoms with Gasteiger partial charge in [-0.05, 0) is 18.2 Å². The highest BCUT2D eigenvalue weighted by molar-refractivity contribution is 6.31. The van der Waals surface area contributed by atoms with E-state index in [1.807, 2.05) is 11.5 Å². The van der Waals surface area contributed by atoms with Crippen LogP contribution >= 0.6 is 11.6 Å². The van der Waals surface area contributed by atoms with Crippen LogP contribution in [-0.4, -0.2) is 29.1 Å². The highest BCUT2D eigenvalue weighted by atomic mass is 35.5. The summed E-state index contributed by atoms with van der Waals surface area (Å²) in [5, 5.41) is 12.6. The van der Waals surface area contributed by atoms with Gasteiger partial charge in [0.1, 0.15) is 12.3 Å². The van der Waals surface area contributed by atoms with E-state index in [-0.39, 0.29) is 17.2 Å². The molecule has 0 saturated carbocycles. The van der Waals surface area contributed by atoms with Crippen molar-refractivity contribution in [1.82, 2.24) is 4.98 Å². The highest BCUT2D eigenvalue weighted by Gasteiger charge is 2.23. The Labute approximate surface area is 125 Å². The quantitative estimate of drug-likeness (QED) is 0.597. The Balaban J connectivity index is 2.07. The molecule has 0 bridgehead atoms. The molecule has 3 rings (SSSR count). The Bertz CT molecular complexity index is 706. The molecule has 2 aromatic rings. The predicted octanol–water partition coefficient (Wildman–Crippen LogP) is 2.57. The van der Waals surface area contributed by atoms with Crippen LogP contribution in [0.1, 0.15) is 16.1 Å². The standard InChI is InChI=1S/C14H12ClN3O3/c15-8-6-11(18-20)12(17-7-8)13(19)9-2-1-3-10-14(9)21-5-4-16-10/h1-3,6-7,16,18,20H,4-5H2. The molecule has 0 unspecified atom stereocenters. The molecule has 1 aromatic heterocycles. The minimum atomic E-state index is -0.358. The summed E-state index contributed by atoms with van der Waals surface area (Å²) in [5.41, 5.74) is 3.31. The second kappa shape index (κ2) is 5.59. The maximum Gasteiger partial charge on any atom is 0.217 e. The normalized spacial score (nSPS) is 12.9. The van der Waals surface area contributed by atoms with Crippen LogP contribution in [0, 0.1) is 0 Å². The van der Waals surface area contributed by atoms with Gasteiger partial charge in [0.05, 0.1) is 22.0 Å². The van der Waals surface area contributed by atoms with Crippen LogP contribution in [0.5, 0.6) is 5.75 Å². The zero-order chi connectivity index (χ0) is 14.8. The number of anilines is 2. The molecule has 0 saturated heterocycles. The van der Waals surface area contributed by atoms with Gasteiger partial charge in [-0.3, -0.25) is 15.5 Å². The van der Waals surface area contributed by atoms with Gasteiger partial charge < -0.3 is 10.1 Å². The number of halogens is 1. The maximum atomic E-state index is 12.6. The van der Waals surface area contributed by atoms with Crippen molar-refractivity contribution in [3.8, 4) is 5.75 Å². The lowest BCUT2D eigenvalue weighted by Crippen LogP contribution is -2.20. The average molecular weight is 306 g/mol. The molecule has 0 atom stereocenters. The lowest BCUT2D eigenvalue weighted by molar-refractivity contribution is 0.103. The number of hydrogen-bond donors (Lipinski definition) is 3. The number of aromatic nitrogens is 1. The second-order valence-electron chi connectivity index (χ2n) is 4.45. The Morgan fingerprint density at radius 3 is 3.14 bits per heavy atom. The molecule has 2 heterocycles. The Morgan fingerprint density at radius 2 is 2.33 bits per heavy atom. The summed E-state index contributed by atoms with van der Waals surface area (Å²) in [6, 6.07) is 6.68. The molecular weight excluding hydrogens is 294 g/mol. The first kappa shape index (κ1) is 13.7. The number of para-hydroxylation sites is 1. The maximum absolute atomic E-state index is 12.6. The van der Waals surface area contributed by atoms with E-state index in [0.717, 1.165) is 5.69 Å². The third kappa shape index (κ3) is 2.51. The third-order valence-electron chi connectivity index (χ3n) is 3.11. The van der Waals surface area contributed by atoms with E-state index in [2.05, 4.69) is 10.3 Å². The van der Waals surface area contributed by atoms with E-state index >= 15 is 0 Å². The fraction of sp³-hybridized carbons (Fsp3) is 0.143. The Hall–Kier alpha value is -2.31. The monoisotopic (exact) mass is 305 g/mol. The van der Waals surface area contributed by atoms with E-state index in [1.54, 1.807) is 12.1 Å². The number of ketones is 1. The van der Waals surface area contributed by atoms with Crippen molar-refractivity contribution in [2.24, 2.45) is 0 Å². The molecule has 21 heavy (non-hydrogen) atoms. The fourth-order valence-corrected chi connectivity index (χ4v) is 2.34. The predicted molar refractivity (Wildman–Crippen MR) is 78.5 cm³/mol.